The Kier molecular flexibility index (Phi) is 6.41. The number of nitrogens with one attached hydrogen (secondary N) is 2. The van der Waals surface area contributed by atoms with E-state index in [2.05, 4.69) is 10.6 Å². The molecule has 1 atom stereocenters. The topological polar surface area (TPSA) is 70.7 Å². The van der Waals surface area contributed by atoms with Crippen LogP contribution in [0.15, 0.2) is 42.5 Å². The molecule has 2 aromatic rings. The molecule has 0 aromatic heterocycles. The monoisotopic (exact) mass is 401 g/mol. The highest BCUT2D eigenvalue weighted by Gasteiger charge is 2.29. The molecular formula is C21H24ClN3O3. The molecule has 1 aliphatic heterocycles. The summed E-state index contributed by atoms with van der Waals surface area (Å²) < 4.78 is 5.32. The lowest BCUT2D eigenvalue weighted by Gasteiger charge is -2.32. The Balaban J connectivity index is 1.65. The van der Waals surface area contributed by atoms with Gasteiger partial charge in [0.05, 0.1) is 18.7 Å². The van der Waals surface area contributed by atoms with Crippen molar-refractivity contribution in [3.8, 4) is 5.75 Å². The average molecular weight is 402 g/mol. The zero-order chi connectivity index (χ0) is 20.1. The van der Waals surface area contributed by atoms with E-state index in [1.165, 1.54) is 7.11 Å². The molecule has 1 saturated heterocycles. The van der Waals surface area contributed by atoms with Crippen LogP contribution in [0, 0.1) is 12.8 Å². The number of urea groups is 1. The van der Waals surface area contributed by atoms with E-state index in [0.29, 0.717) is 29.5 Å². The highest BCUT2D eigenvalue weighted by molar-refractivity contribution is 6.31. The number of para-hydroxylation sites is 1. The molecule has 1 aliphatic rings. The molecule has 0 radical (unpaired) electrons. The van der Waals surface area contributed by atoms with Gasteiger partial charge in [-0.05, 0) is 43.5 Å². The fraction of sp³-hybridized carbons (Fsp3) is 0.333. The second kappa shape index (κ2) is 8.97. The molecule has 2 aromatic carbocycles. The fourth-order valence-corrected chi connectivity index (χ4v) is 3.42. The molecule has 0 aliphatic carbocycles. The summed E-state index contributed by atoms with van der Waals surface area (Å²) >= 11 is 6.13. The molecule has 0 bridgehead atoms. The highest BCUT2D eigenvalue weighted by atomic mass is 35.5. The van der Waals surface area contributed by atoms with Gasteiger partial charge in [-0.25, -0.2) is 4.79 Å². The summed E-state index contributed by atoms with van der Waals surface area (Å²) in [5.74, 6) is 0.103. The third kappa shape index (κ3) is 4.75. The molecule has 6 nitrogen and oxygen atoms in total. The number of piperidine rings is 1. The zero-order valence-corrected chi connectivity index (χ0v) is 16.8. The Labute approximate surface area is 169 Å². The Morgan fingerprint density at radius 3 is 2.64 bits per heavy atom. The van der Waals surface area contributed by atoms with Crippen LogP contribution in [0.2, 0.25) is 5.02 Å². The number of likely N-dealkylation sites (tertiary alicyclic amines) is 1. The lowest BCUT2D eigenvalue weighted by atomic mass is 9.97. The van der Waals surface area contributed by atoms with Crippen LogP contribution in [0.5, 0.6) is 5.75 Å². The maximum atomic E-state index is 12.8. The number of benzene rings is 2. The van der Waals surface area contributed by atoms with Crippen LogP contribution in [0.4, 0.5) is 16.2 Å². The van der Waals surface area contributed by atoms with Gasteiger partial charge in [0.1, 0.15) is 5.75 Å². The van der Waals surface area contributed by atoms with E-state index in [1.807, 2.05) is 37.3 Å². The van der Waals surface area contributed by atoms with Gasteiger partial charge in [0, 0.05) is 29.9 Å². The van der Waals surface area contributed by atoms with E-state index >= 15 is 0 Å². The maximum Gasteiger partial charge on any atom is 0.321 e. The average Bonchev–Trinajstić information content (AvgIpc) is 2.71. The van der Waals surface area contributed by atoms with E-state index in [4.69, 9.17) is 16.3 Å². The molecule has 3 amide bonds. The molecule has 0 spiro atoms. The van der Waals surface area contributed by atoms with Crippen LogP contribution in [0.25, 0.3) is 0 Å². The van der Waals surface area contributed by atoms with Crippen LogP contribution in [-0.4, -0.2) is 37.0 Å². The Bertz CT molecular complexity index is 857. The number of amides is 3. The molecule has 2 N–H and O–H groups in total. The first-order valence-corrected chi connectivity index (χ1v) is 9.61. The van der Waals surface area contributed by atoms with Crippen molar-refractivity contribution in [1.29, 1.82) is 0 Å². The van der Waals surface area contributed by atoms with Gasteiger partial charge >= 0.3 is 6.03 Å². The van der Waals surface area contributed by atoms with Gasteiger partial charge in [-0.1, -0.05) is 29.8 Å². The van der Waals surface area contributed by atoms with Gasteiger partial charge in [0.25, 0.3) is 0 Å². The Hall–Kier alpha value is -2.73. The number of anilines is 2. The highest BCUT2D eigenvalue weighted by Crippen LogP contribution is 2.31. The summed E-state index contributed by atoms with van der Waals surface area (Å²) in [7, 11) is 1.53. The summed E-state index contributed by atoms with van der Waals surface area (Å²) in [4.78, 5) is 27.0. The smallest absolute Gasteiger partial charge is 0.321 e. The number of methoxy groups -OCH3 is 1. The number of ether oxygens (including phenoxy) is 1. The van der Waals surface area contributed by atoms with Crippen LogP contribution in [0.1, 0.15) is 18.4 Å². The van der Waals surface area contributed by atoms with E-state index in [-0.39, 0.29) is 17.9 Å². The van der Waals surface area contributed by atoms with E-state index in [0.717, 1.165) is 24.1 Å². The minimum Gasteiger partial charge on any atom is -0.495 e. The summed E-state index contributed by atoms with van der Waals surface area (Å²) in [6.45, 7) is 2.87. The largest absolute Gasteiger partial charge is 0.495 e. The molecule has 0 unspecified atom stereocenters. The number of halogens is 1. The first-order valence-electron chi connectivity index (χ1n) is 9.24. The molecule has 1 heterocycles. The van der Waals surface area contributed by atoms with Crippen molar-refractivity contribution >= 4 is 34.9 Å². The van der Waals surface area contributed by atoms with Crippen molar-refractivity contribution in [2.45, 2.75) is 19.8 Å². The quantitative estimate of drug-likeness (QED) is 0.790. The van der Waals surface area contributed by atoms with Crippen LogP contribution < -0.4 is 15.4 Å². The predicted octanol–water partition coefficient (Wildman–Crippen LogP) is 4.54. The summed E-state index contributed by atoms with van der Waals surface area (Å²) in [6, 6.07) is 12.6. The van der Waals surface area contributed by atoms with Gasteiger partial charge in [0.15, 0.2) is 0 Å². The van der Waals surface area contributed by atoms with Gasteiger partial charge < -0.3 is 20.3 Å². The third-order valence-corrected chi connectivity index (χ3v) is 5.25. The summed E-state index contributed by atoms with van der Waals surface area (Å²) in [5, 5.41) is 6.38. The molecule has 3 rings (SSSR count). The lowest BCUT2D eigenvalue weighted by Crippen LogP contribution is -2.45. The fourth-order valence-electron chi connectivity index (χ4n) is 3.26. The molecule has 28 heavy (non-hydrogen) atoms. The first-order chi connectivity index (χ1) is 13.5. The number of aryl methyl sites for hydroxylation is 1. The molecular weight excluding hydrogens is 378 g/mol. The summed E-state index contributed by atoms with van der Waals surface area (Å²) in [5.41, 5.74) is 2.17. The van der Waals surface area contributed by atoms with E-state index in [9.17, 15) is 9.59 Å². The van der Waals surface area contributed by atoms with Crippen LogP contribution in [-0.2, 0) is 4.79 Å². The number of carbonyl (C=O) groups is 2. The van der Waals surface area contributed by atoms with Crippen molar-refractivity contribution < 1.29 is 14.3 Å². The Morgan fingerprint density at radius 1 is 1.18 bits per heavy atom. The summed E-state index contributed by atoms with van der Waals surface area (Å²) in [6.07, 6.45) is 1.51. The van der Waals surface area contributed by atoms with Crippen molar-refractivity contribution in [1.82, 2.24) is 4.90 Å². The SMILES string of the molecule is COc1cc(Cl)c(C)cc1NC(=O)[C@@H]1CCCN(C(=O)Nc2ccccc2)C1. The van der Waals surface area contributed by atoms with Crippen molar-refractivity contribution in [2.24, 2.45) is 5.92 Å². The van der Waals surface area contributed by atoms with Gasteiger partial charge in [0.2, 0.25) is 5.91 Å². The number of hydrogen-bond donors (Lipinski definition) is 2. The standard InChI is InChI=1S/C21H24ClN3O3/c1-14-11-18(19(28-2)12-17(14)22)24-20(26)15-7-6-10-25(13-15)21(27)23-16-8-4-3-5-9-16/h3-5,8-9,11-12,15H,6-7,10,13H2,1-2H3,(H,23,27)(H,24,26)/t15-/m1/s1. The molecule has 1 fully saturated rings. The number of nitrogens with zero attached hydrogens (tertiary/aromatic N) is 1. The Morgan fingerprint density at radius 2 is 1.93 bits per heavy atom. The predicted molar refractivity (Wildman–Crippen MR) is 111 cm³/mol. The van der Waals surface area contributed by atoms with Gasteiger partial charge in [-0.15, -0.1) is 0 Å². The lowest BCUT2D eigenvalue weighted by molar-refractivity contribution is -0.121. The third-order valence-electron chi connectivity index (χ3n) is 4.84. The normalized spacial score (nSPS) is 16.4. The van der Waals surface area contributed by atoms with Crippen molar-refractivity contribution in [2.75, 3.05) is 30.8 Å². The number of carbonyl (C=O) groups excluding carboxylic acids is 2. The molecule has 7 heteroatoms. The van der Waals surface area contributed by atoms with Crippen LogP contribution in [0.3, 0.4) is 0 Å². The van der Waals surface area contributed by atoms with E-state index in [1.54, 1.807) is 17.0 Å². The first kappa shape index (κ1) is 20.0. The molecule has 148 valence electrons. The van der Waals surface area contributed by atoms with Crippen LogP contribution >= 0.6 is 11.6 Å². The number of rotatable bonds is 4. The van der Waals surface area contributed by atoms with E-state index < -0.39 is 0 Å². The van der Waals surface area contributed by atoms with Gasteiger partial charge in [-0.3, -0.25) is 4.79 Å². The second-order valence-corrected chi connectivity index (χ2v) is 7.28. The molecule has 0 saturated carbocycles. The zero-order valence-electron chi connectivity index (χ0n) is 16.0. The van der Waals surface area contributed by atoms with Gasteiger partial charge in [-0.2, -0.15) is 0 Å². The minimum absolute atomic E-state index is 0.128. The minimum atomic E-state index is -0.282. The number of hydrogen-bond acceptors (Lipinski definition) is 3. The second-order valence-electron chi connectivity index (χ2n) is 6.87. The van der Waals surface area contributed by atoms with Crippen molar-refractivity contribution in [3.63, 3.8) is 0 Å². The maximum absolute atomic E-state index is 12.8. The van der Waals surface area contributed by atoms with Crippen molar-refractivity contribution in [3.05, 3.63) is 53.1 Å².